The molecular formula is C21H11Cl2N3O2S. The summed E-state index contributed by atoms with van der Waals surface area (Å²) in [7, 11) is 0. The molecule has 3 aromatic heterocycles. The van der Waals surface area contributed by atoms with E-state index in [1.165, 1.54) is 0 Å². The second kappa shape index (κ2) is 7.15. The number of fused-ring (bicyclic) bond motifs is 2. The van der Waals surface area contributed by atoms with Gasteiger partial charge >= 0.3 is 0 Å². The van der Waals surface area contributed by atoms with Crippen molar-refractivity contribution in [1.29, 1.82) is 0 Å². The van der Waals surface area contributed by atoms with E-state index in [-0.39, 0.29) is 16.4 Å². The van der Waals surface area contributed by atoms with E-state index in [1.807, 2.05) is 30.3 Å². The molecule has 0 bridgehead atoms. The zero-order valence-corrected chi connectivity index (χ0v) is 17.0. The predicted molar refractivity (Wildman–Crippen MR) is 118 cm³/mol. The van der Waals surface area contributed by atoms with Crippen molar-refractivity contribution in [3.63, 3.8) is 0 Å². The quantitative estimate of drug-likeness (QED) is 0.364. The van der Waals surface area contributed by atoms with Crippen molar-refractivity contribution in [3.05, 3.63) is 81.6 Å². The highest BCUT2D eigenvalue weighted by Gasteiger charge is 2.12. The molecule has 3 heterocycles. The van der Waals surface area contributed by atoms with Crippen LogP contribution in [0.3, 0.4) is 0 Å². The fraction of sp³-hybridized carbons (Fsp3) is 0. The van der Waals surface area contributed by atoms with Crippen molar-refractivity contribution in [2.24, 2.45) is 0 Å². The first-order valence-corrected chi connectivity index (χ1v) is 10.2. The minimum Gasteiger partial charge on any atom is -0.454 e. The minimum atomic E-state index is -0.311. The van der Waals surface area contributed by atoms with Crippen molar-refractivity contribution in [2.45, 2.75) is 0 Å². The van der Waals surface area contributed by atoms with E-state index in [2.05, 4.69) is 15.0 Å². The zero-order chi connectivity index (χ0) is 20.0. The van der Waals surface area contributed by atoms with Crippen molar-refractivity contribution in [1.82, 2.24) is 15.0 Å². The van der Waals surface area contributed by atoms with Crippen LogP contribution in [0.4, 0.5) is 0 Å². The Kier molecular flexibility index (Phi) is 4.47. The van der Waals surface area contributed by atoms with Gasteiger partial charge in [0.2, 0.25) is 0 Å². The van der Waals surface area contributed by atoms with Crippen LogP contribution in [0.5, 0.6) is 0 Å². The Morgan fingerprint density at radius 2 is 1.93 bits per heavy atom. The van der Waals surface area contributed by atoms with Crippen molar-refractivity contribution < 1.29 is 4.42 Å². The molecule has 0 spiro atoms. The third-order valence-corrected chi connectivity index (χ3v) is 5.87. The molecule has 0 unspecified atom stereocenters. The minimum absolute atomic E-state index is 0.254. The lowest BCUT2D eigenvalue weighted by Crippen LogP contribution is -2.10. The Labute approximate surface area is 178 Å². The number of H-pyrrole nitrogens is 1. The molecule has 142 valence electrons. The average Bonchev–Trinajstić information content (AvgIpc) is 3.35. The van der Waals surface area contributed by atoms with Crippen molar-refractivity contribution in [3.8, 4) is 10.8 Å². The van der Waals surface area contributed by atoms with Crippen molar-refractivity contribution in [2.75, 3.05) is 0 Å². The van der Waals surface area contributed by atoms with Crippen LogP contribution in [-0.2, 0) is 0 Å². The molecule has 0 radical (unpaired) electrons. The van der Waals surface area contributed by atoms with Crippen LogP contribution in [0.15, 0.2) is 63.8 Å². The van der Waals surface area contributed by atoms with Crippen molar-refractivity contribution >= 4 is 66.8 Å². The first-order valence-electron chi connectivity index (χ1n) is 8.60. The van der Waals surface area contributed by atoms with Gasteiger partial charge in [-0.15, -0.1) is 11.3 Å². The van der Waals surface area contributed by atoms with Crippen LogP contribution >= 0.6 is 34.5 Å². The highest BCUT2D eigenvalue weighted by atomic mass is 35.5. The van der Waals surface area contributed by atoms with Crippen LogP contribution in [0.2, 0.25) is 5.02 Å². The highest BCUT2D eigenvalue weighted by molar-refractivity contribution is 7.21. The van der Waals surface area contributed by atoms with Crippen LogP contribution in [0.25, 0.3) is 43.0 Å². The third kappa shape index (κ3) is 3.46. The Morgan fingerprint density at radius 3 is 2.79 bits per heavy atom. The Hall–Kier alpha value is -2.93. The van der Waals surface area contributed by atoms with Gasteiger partial charge in [0.15, 0.2) is 16.6 Å². The number of rotatable bonds is 3. The fourth-order valence-corrected chi connectivity index (χ4v) is 4.24. The summed E-state index contributed by atoms with van der Waals surface area (Å²) < 4.78 is 6.96. The van der Waals surface area contributed by atoms with Crippen LogP contribution in [-0.4, -0.2) is 15.0 Å². The number of aromatic amines is 1. The lowest BCUT2D eigenvalue weighted by atomic mass is 10.2. The van der Waals surface area contributed by atoms with Crippen LogP contribution in [0.1, 0.15) is 11.6 Å². The van der Waals surface area contributed by atoms with E-state index in [9.17, 15) is 4.79 Å². The summed E-state index contributed by atoms with van der Waals surface area (Å²) in [5.41, 5.74) is 1.13. The smallest absolute Gasteiger partial charge is 0.259 e. The molecule has 2 aromatic carbocycles. The first-order chi connectivity index (χ1) is 14.1. The lowest BCUT2D eigenvalue weighted by Gasteiger charge is -2.02. The molecule has 5 aromatic rings. The molecule has 0 amide bonds. The topological polar surface area (TPSA) is 71.8 Å². The number of aromatic nitrogens is 3. The Morgan fingerprint density at radius 1 is 1.07 bits per heavy atom. The first kappa shape index (κ1) is 18.1. The molecule has 1 N–H and O–H groups in total. The van der Waals surface area contributed by atoms with Gasteiger partial charge < -0.3 is 9.40 Å². The maximum atomic E-state index is 12.3. The number of hydrogen-bond donors (Lipinski definition) is 1. The SMILES string of the molecule is O=c1[nH]c(/C(Cl)=C/c2ccc(-c3nc4ccccc4s3)o2)nc2ccc(Cl)cc12. The van der Waals surface area contributed by atoms with E-state index < -0.39 is 0 Å². The third-order valence-electron chi connectivity index (χ3n) is 4.29. The molecule has 0 atom stereocenters. The van der Waals surface area contributed by atoms with E-state index in [4.69, 9.17) is 27.6 Å². The molecule has 0 aliphatic rings. The fourth-order valence-electron chi connectivity index (χ4n) is 2.94. The highest BCUT2D eigenvalue weighted by Crippen LogP contribution is 2.32. The van der Waals surface area contributed by atoms with Gasteiger partial charge in [-0.05, 0) is 42.5 Å². The molecule has 29 heavy (non-hydrogen) atoms. The van der Waals surface area contributed by atoms with Crippen LogP contribution in [0, 0.1) is 0 Å². The summed E-state index contributed by atoms with van der Waals surface area (Å²) >= 11 is 13.9. The monoisotopic (exact) mass is 439 g/mol. The van der Waals surface area contributed by atoms with Gasteiger partial charge in [0, 0.05) is 11.1 Å². The standard InChI is InChI=1S/C21H11Cl2N3O2S/c22-11-5-7-15-13(9-11)20(27)26-19(24-15)14(23)10-12-6-8-17(28-12)21-25-16-3-1-2-4-18(16)29-21/h1-10H,(H,24,26,27)/b14-10-. The largest absolute Gasteiger partial charge is 0.454 e. The van der Waals surface area contributed by atoms with E-state index in [0.717, 1.165) is 15.2 Å². The molecular weight excluding hydrogens is 429 g/mol. The summed E-state index contributed by atoms with van der Waals surface area (Å²) in [5, 5.41) is 1.92. The predicted octanol–water partition coefficient (Wildman–Crippen LogP) is 6.18. The van der Waals surface area contributed by atoms with Gasteiger partial charge in [-0.25, -0.2) is 9.97 Å². The summed E-state index contributed by atoms with van der Waals surface area (Å²) in [5.74, 6) is 1.43. The van der Waals surface area contributed by atoms with Gasteiger partial charge in [-0.2, -0.15) is 0 Å². The van der Waals surface area contributed by atoms with Crippen LogP contribution < -0.4 is 5.56 Å². The Bertz CT molecular complexity index is 1430. The summed E-state index contributed by atoms with van der Waals surface area (Å²) in [6.07, 6.45) is 1.61. The lowest BCUT2D eigenvalue weighted by molar-refractivity contribution is 0.571. The maximum Gasteiger partial charge on any atom is 0.259 e. The summed E-state index contributed by atoms with van der Waals surface area (Å²) in [6.45, 7) is 0. The van der Waals surface area contributed by atoms with E-state index in [1.54, 1.807) is 41.7 Å². The Balaban J connectivity index is 1.50. The number of thiazole rings is 1. The van der Waals surface area contributed by atoms with E-state index in [0.29, 0.717) is 27.4 Å². The summed E-state index contributed by atoms with van der Waals surface area (Å²) in [4.78, 5) is 24.0. The normalized spacial score (nSPS) is 12.1. The average molecular weight is 440 g/mol. The molecule has 0 aliphatic carbocycles. The number of benzene rings is 2. The number of para-hydroxylation sites is 1. The van der Waals surface area contributed by atoms with Gasteiger partial charge in [0.05, 0.1) is 26.2 Å². The van der Waals surface area contributed by atoms with Gasteiger partial charge in [-0.3, -0.25) is 4.79 Å². The number of furan rings is 1. The number of nitrogens with one attached hydrogen (secondary N) is 1. The number of halogens is 2. The number of hydrogen-bond acceptors (Lipinski definition) is 5. The van der Waals surface area contributed by atoms with Gasteiger partial charge in [-0.1, -0.05) is 35.3 Å². The molecule has 0 fully saturated rings. The number of nitrogens with zero attached hydrogens (tertiary/aromatic N) is 2. The summed E-state index contributed by atoms with van der Waals surface area (Å²) in [6, 6.07) is 16.5. The maximum absolute atomic E-state index is 12.3. The van der Waals surface area contributed by atoms with Gasteiger partial charge in [0.1, 0.15) is 5.76 Å². The van der Waals surface area contributed by atoms with E-state index >= 15 is 0 Å². The molecule has 5 rings (SSSR count). The second-order valence-corrected chi connectivity index (χ2v) is 8.13. The zero-order valence-electron chi connectivity index (χ0n) is 14.6. The molecule has 0 saturated heterocycles. The van der Waals surface area contributed by atoms with Gasteiger partial charge in [0.25, 0.3) is 5.56 Å². The molecule has 0 saturated carbocycles. The molecule has 5 nitrogen and oxygen atoms in total. The molecule has 8 heteroatoms. The molecule has 0 aliphatic heterocycles. The second-order valence-electron chi connectivity index (χ2n) is 6.26.